The Bertz CT molecular complexity index is 638. The summed E-state index contributed by atoms with van der Waals surface area (Å²) in [5.41, 5.74) is 0. The van der Waals surface area contributed by atoms with E-state index in [0.29, 0.717) is 17.3 Å². The van der Waals surface area contributed by atoms with Gasteiger partial charge >= 0.3 is 0 Å². The Hall–Kier alpha value is -1.98. The monoisotopic (exact) mass is 336 g/mol. The first-order chi connectivity index (χ1) is 11.1. The zero-order valence-electron chi connectivity index (χ0n) is 13.3. The topological polar surface area (TPSA) is 54.7 Å². The molecule has 0 aliphatic heterocycles. The zero-order chi connectivity index (χ0) is 16.7. The first-order valence-electron chi connectivity index (χ1n) is 7.66. The Morgan fingerprint density at radius 3 is 2.65 bits per heavy atom. The number of halogens is 1. The second kappa shape index (κ2) is 8.60. The molecule has 5 nitrogen and oxygen atoms in total. The van der Waals surface area contributed by atoms with Crippen LogP contribution in [0.25, 0.3) is 0 Å². The Morgan fingerprint density at radius 2 is 1.96 bits per heavy atom. The minimum absolute atomic E-state index is 0.214. The van der Waals surface area contributed by atoms with Gasteiger partial charge in [0, 0.05) is 19.2 Å². The van der Waals surface area contributed by atoms with Crippen LogP contribution in [0.1, 0.15) is 24.4 Å². The number of nitrogens with zero attached hydrogens (tertiary/aromatic N) is 1. The van der Waals surface area contributed by atoms with Gasteiger partial charge < -0.3 is 19.4 Å². The molecule has 1 heterocycles. The van der Waals surface area contributed by atoms with Gasteiger partial charge in [0.05, 0.1) is 5.02 Å². The summed E-state index contributed by atoms with van der Waals surface area (Å²) in [6, 6.07) is 10.3. The highest BCUT2D eigenvalue weighted by Gasteiger charge is 2.13. The van der Waals surface area contributed by atoms with Crippen molar-refractivity contribution < 1.29 is 13.9 Å². The van der Waals surface area contributed by atoms with Gasteiger partial charge in [-0.2, -0.15) is 0 Å². The minimum Gasteiger partial charge on any atom is -0.424 e. The van der Waals surface area contributed by atoms with Crippen molar-refractivity contribution in [1.82, 2.24) is 10.2 Å². The number of para-hydroxylation sites is 1. The molecule has 0 bridgehead atoms. The highest BCUT2D eigenvalue weighted by molar-refractivity contribution is 6.32. The summed E-state index contributed by atoms with van der Waals surface area (Å²) in [6.45, 7) is 7.49. The summed E-state index contributed by atoms with van der Waals surface area (Å²) < 4.78 is 10.9. The van der Waals surface area contributed by atoms with Crippen LogP contribution < -0.4 is 10.1 Å². The zero-order valence-corrected chi connectivity index (χ0v) is 14.1. The average Bonchev–Trinajstić information content (AvgIpc) is 3.02. The fourth-order valence-corrected chi connectivity index (χ4v) is 2.26. The Kier molecular flexibility index (Phi) is 6.50. The van der Waals surface area contributed by atoms with Crippen molar-refractivity contribution in [3.05, 3.63) is 47.2 Å². The number of carbonyl (C=O) groups excluding carboxylic acids is 1. The Balaban J connectivity index is 1.89. The van der Waals surface area contributed by atoms with Gasteiger partial charge in [0.15, 0.2) is 5.76 Å². The molecule has 2 aromatic rings. The van der Waals surface area contributed by atoms with Crippen molar-refractivity contribution in [3.63, 3.8) is 0 Å². The summed E-state index contributed by atoms with van der Waals surface area (Å²) in [4.78, 5) is 14.3. The molecule has 1 aromatic carbocycles. The number of hydrogen-bond acceptors (Lipinski definition) is 4. The quantitative estimate of drug-likeness (QED) is 0.796. The molecule has 1 aromatic heterocycles. The van der Waals surface area contributed by atoms with Gasteiger partial charge in [-0.15, -0.1) is 0 Å². The average molecular weight is 337 g/mol. The standard InChI is InChI=1S/C17H21ClN2O3/c1-3-20(4-2)12-11-19-17(21)15-9-10-16(23-15)22-14-8-6-5-7-13(14)18/h5-10H,3-4,11-12H2,1-2H3,(H,19,21). The van der Waals surface area contributed by atoms with Crippen molar-refractivity contribution in [3.8, 4) is 11.7 Å². The van der Waals surface area contributed by atoms with Crippen molar-refractivity contribution >= 4 is 17.5 Å². The van der Waals surface area contributed by atoms with Crippen LogP contribution in [0.5, 0.6) is 11.7 Å². The third kappa shape index (κ3) is 5.01. The summed E-state index contributed by atoms with van der Waals surface area (Å²) in [7, 11) is 0. The van der Waals surface area contributed by atoms with E-state index in [4.69, 9.17) is 20.8 Å². The van der Waals surface area contributed by atoms with Gasteiger partial charge in [0.1, 0.15) is 5.75 Å². The number of amides is 1. The highest BCUT2D eigenvalue weighted by atomic mass is 35.5. The lowest BCUT2D eigenvalue weighted by Gasteiger charge is -2.17. The lowest BCUT2D eigenvalue weighted by molar-refractivity contribution is 0.0916. The van der Waals surface area contributed by atoms with Crippen LogP contribution >= 0.6 is 11.6 Å². The smallest absolute Gasteiger partial charge is 0.290 e. The van der Waals surface area contributed by atoms with E-state index in [1.807, 2.05) is 12.1 Å². The van der Waals surface area contributed by atoms with E-state index < -0.39 is 0 Å². The first-order valence-corrected chi connectivity index (χ1v) is 8.04. The van der Waals surface area contributed by atoms with E-state index in [1.54, 1.807) is 24.3 Å². The molecular formula is C17H21ClN2O3. The van der Waals surface area contributed by atoms with Crippen LogP contribution in [-0.4, -0.2) is 37.0 Å². The van der Waals surface area contributed by atoms with Crippen LogP contribution in [-0.2, 0) is 0 Å². The van der Waals surface area contributed by atoms with Gasteiger partial charge in [-0.05, 0) is 31.3 Å². The summed E-state index contributed by atoms with van der Waals surface area (Å²) in [5, 5.41) is 3.31. The molecule has 0 unspecified atom stereocenters. The van der Waals surface area contributed by atoms with Crippen LogP contribution in [0.15, 0.2) is 40.8 Å². The van der Waals surface area contributed by atoms with E-state index in [9.17, 15) is 4.79 Å². The molecule has 0 saturated heterocycles. The molecular weight excluding hydrogens is 316 g/mol. The van der Waals surface area contributed by atoms with E-state index >= 15 is 0 Å². The van der Waals surface area contributed by atoms with Gasteiger partial charge in [0.2, 0.25) is 0 Å². The van der Waals surface area contributed by atoms with Crippen LogP contribution in [0.2, 0.25) is 5.02 Å². The highest BCUT2D eigenvalue weighted by Crippen LogP contribution is 2.29. The Morgan fingerprint density at radius 1 is 1.22 bits per heavy atom. The molecule has 1 N–H and O–H groups in total. The van der Waals surface area contributed by atoms with E-state index in [0.717, 1.165) is 19.6 Å². The molecule has 0 saturated carbocycles. The molecule has 23 heavy (non-hydrogen) atoms. The summed E-state index contributed by atoms with van der Waals surface area (Å²) in [5.74, 6) is 0.668. The van der Waals surface area contributed by atoms with Crippen LogP contribution in [0.4, 0.5) is 0 Å². The van der Waals surface area contributed by atoms with E-state index in [1.165, 1.54) is 0 Å². The lowest BCUT2D eigenvalue weighted by Crippen LogP contribution is -2.34. The fraction of sp³-hybridized carbons (Fsp3) is 0.353. The number of furan rings is 1. The molecule has 2 rings (SSSR count). The van der Waals surface area contributed by atoms with Gasteiger partial charge in [-0.25, -0.2) is 0 Å². The minimum atomic E-state index is -0.258. The molecule has 6 heteroatoms. The van der Waals surface area contributed by atoms with Crippen molar-refractivity contribution in [2.45, 2.75) is 13.8 Å². The number of carbonyl (C=O) groups is 1. The number of nitrogens with one attached hydrogen (secondary N) is 1. The molecule has 0 aliphatic rings. The predicted molar refractivity (Wildman–Crippen MR) is 90.4 cm³/mol. The van der Waals surface area contributed by atoms with Gasteiger partial charge in [0.25, 0.3) is 11.9 Å². The number of rotatable bonds is 8. The summed E-state index contributed by atoms with van der Waals surface area (Å²) >= 11 is 6.02. The lowest BCUT2D eigenvalue weighted by atomic mass is 10.3. The maximum atomic E-state index is 12.0. The van der Waals surface area contributed by atoms with Crippen LogP contribution in [0, 0.1) is 0 Å². The maximum absolute atomic E-state index is 12.0. The summed E-state index contributed by atoms with van der Waals surface area (Å²) in [6.07, 6.45) is 0. The number of ether oxygens (including phenoxy) is 1. The predicted octanol–water partition coefficient (Wildman–Crippen LogP) is 3.80. The molecule has 0 spiro atoms. The second-order valence-electron chi connectivity index (χ2n) is 4.93. The first kappa shape index (κ1) is 17.4. The molecule has 0 radical (unpaired) electrons. The number of likely N-dealkylation sites (N-methyl/N-ethyl adjacent to an activating group) is 1. The van der Waals surface area contributed by atoms with Crippen molar-refractivity contribution in [1.29, 1.82) is 0 Å². The van der Waals surface area contributed by atoms with Crippen molar-refractivity contribution in [2.75, 3.05) is 26.2 Å². The van der Waals surface area contributed by atoms with E-state index in [-0.39, 0.29) is 17.6 Å². The fourth-order valence-electron chi connectivity index (χ4n) is 2.09. The van der Waals surface area contributed by atoms with E-state index in [2.05, 4.69) is 24.1 Å². The normalized spacial score (nSPS) is 10.8. The third-order valence-corrected chi connectivity index (χ3v) is 3.77. The largest absolute Gasteiger partial charge is 0.424 e. The number of hydrogen-bond donors (Lipinski definition) is 1. The second-order valence-corrected chi connectivity index (χ2v) is 5.34. The maximum Gasteiger partial charge on any atom is 0.290 e. The molecule has 1 amide bonds. The Labute approximate surface area is 141 Å². The molecule has 0 aliphatic carbocycles. The van der Waals surface area contributed by atoms with Crippen molar-refractivity contribution in [2.24, 2.45) is 0 Å². The van der Waals surface area contributed by atoms with Gasteiger partial charge in [-0.1, -0.05) is 37.6 Å². The third-order valence-electron chi connectivity index (χ3n) is 3.46. The SMILES string of the molecule is CCN(CC)CCNC(=O)c1ccc(Oc2ccccc2Cl)o1. The number of benzene rings is 1. The van der Waals surface area contributed by atoms with Crippen LogP contribution in [0.3, 0.4) is 0 Å². The molecule has 0 fully saturated rings. The molecule has 0 atom stereocenters. The van der Waals surface area contributed by atoms with Gasteiger partial charge in [-0.3, -0.25) is 4.79 Å². The molecule has 124 valence electrons.